The van der Waals surface area contributed by atoms with E-state index in [1.807, 2.05) is 23.1 Å². The lowest BCUT2D eigenvalue weighted by Gasteiger charge is -2.48. The van der Waals surface area contributed by atoms with Gasteiger partial charge in [-0.25, -0.2) is 0 Å². The first-order valence-electron chi connectivity index (χ1n) is 6.72. The van der Waals surface area contributed by atoms with Crippen molar-refractivity contribution in [3.63, 3.8) is 0 Å². The molecule has 2 fully saturated rings. The smallest absolute Gasteiger partial charge is 0.233 e. The van der Waals surface area contributed by atoms with E-state index in [1.165, 1.54) is 0 Å². The molecule has 1 aromatic carbocycles. The molecule has 3 nitrogen and oxygen atoms in total. The highest BCUT2D eigenvalue weighted by atomic mass is 16.3. The standard InChI is InChI=1S/C15H19NO2/c17-11-12-9-16(10-12)14(18)15(7-4-8-15)13-5-2-1-3-6-13/h1-3,5-6,12,17H,4,7-11H2. The van der Waals surface area contributed by atoms with Crippen LogP contribution in [0.1, 0.15) is 24.8 Å². The SMILES string of the molecule is O=C(N1CC(CO)C1)C1(c2ccccc2)CCC1. The topological polar surface area (TPSA) is 40.5 Å². The predicted octanol–water partition coefficient (Wildman–Crippen LogP) is 1.56. The molecule has 96 valence electrons. The Labute approximate surface area is 107 Å². The lowest BCUT2D eigenvalue weighted by molar-refractivity contribution is -0.148. The summed E-state index contributed by atoms with van der Waals surface area (Å²) in [5, 5.41) is 9.04. The summed E-state index contributed by atoms with van der Waals surface area (Å²) >= 11 is 0. The zero-order valence-corrected chi connectivity index (χ0v) is 10.5. The summed E-state index contributed by atoms with van der Waals surface area (Å²) < 4.78 is 0. The molecule has 0 atom stereocenters. The maximum atomic E-state index is 12.6. The van der Waals surface area contributed by atoms with Crippen molar-refractivity contribution >= 4 is 5.91 Å². The van der Waals surface area contributed by atoms with Crippen LogP contribution in [0.5, 0.6) is 0 Å². The number of amides is 1. The van der Waals surface area contributed by atoms with E-state index in [9.17, 15) is 4.79 Å². The van der Waals surface area contributed by atoms with Crippen LogP contribution in [0.3, 0.4) is 0 Å². The van der Waals surface area contributed by atoms with Crippen molar-refractivity contribution in [1.29, 1.82) is 0 Å². The first-order valence-corrected chi connectivity index (χ1v) is 6.72. The minimum absolute atomic E-state index is 0.197. The largest absolute Gasteiger partial charge is 0.396 e. The van der Waals surface area contributed by atoms with Crippen molar-refractivity contribution < 1.29 is 9.90 Å². The fourth-order valence-corrected chi connectivity index (χ4v) is 3.07. The van der Waals surface area contributed by atoms with Crippen molar-refractivity contribution in [2.45, 2.75) is 24.7 Å². The van der Waals surface area contributed by atoms with E-state index in [1.54, 1.807) is 0 Å². The Hall–Kier alpha value is -1.35. The average molecular weight is 245 g/mol. The highest BCUT2D eigenvalue weighted by Crippen LogP contribution is 2.46. The Bertz CT molecular complexity index is 433. The second kappa shape index (κ2) is 4.39. The van der Waals surface area contributed by atoms with E-state index in [0.717, 1.165) is 37.9 Å². The Kier molecular flexibility index (Phi) is 2.86. The molecular formula is C15H19NO2. The van der Waals surface area contributed by atoms with Crippen LogP contribution in [0.2, 0.25) is 0 Å². The summed E-state index contributed by atoms with van der Waals surface area (Å²) in [7, 11) is 0. The molecule has 1 amide bonds. The summed E-state index contributed by atoms with van der Waals surface area (Å²) in [6.45, 7) is 1.65. The number of likely N-dealkylation sites (tertiary alicyclic amines) is 1. The summed E-state index contributed by atoms with van der Waals surface area (Å²) in [5.41, 5.74) is 0.899. The number of rotatable bonds is 3. The maximum absolute atomic E-state index is 12.6. The van der Waals surface area contributed by atoms with Crippen LogP contribution < -0.4 is 0 Å². The zero-order valence-electron chi connectivity index (χ0n) is 10.5. The zero-order chi connectivity index (χ0) is 12.6. The molecule has 1 saturated carbocycles. The molecule has 0 aromatic heterocycles. The van der Waals surface area contributed by atoms with Crippen LogP contribution in [0.25, 0.3) is 0 Å². The van der Waals surface area contributed by atoms with Gasteiger partial charge in [0.2, 0.25) is 5.91 Å². The van der Waals surface area contributed by atoms with E-state index in [0.29, 0.717) is 5.92 Å². The highest BCUT2D eigenvalue weighted by Gasteiger charge is 2.49. The van der Waals surface area contributed by atoms with Crippen molar-refractivity contribution in [3.8, 4) is 0 Å². The molecule has 1 aliphatic heterocycles. The molecule has 1 N–H and O–H groups in total. The third kappa shape index (κ3) is 1.65. The maximum Gasteiger partial charge on any atom is 0.233 e. The van der Waals surface area contributed by atoms with Crippen LogP contribution in [0, 0.1) is 5.92 Å². The van der Waals surface area contributed by atoms with Crippen LogP contribution in [0.4, 0.5) is 0 Å². The summed E-state index contributed by atoms with van der Waals surface area (Å²) in [4.78, 5) is 14.5. The van der Waals surface area contributed by atoms with Gasteiger partial charge < -0.3 is 10.0 Å². The number of aliphatic hydroxyl groups is 1. The number of hydrogen-bond donors (Lipinski definition) is 1. The number of aliphatic hydroxyl groups excluding tert-OH is 1. The van der Waals surface area contributed by atoms with E-state index < -0.39 is 0 Å². The summed E-state index contributed by atoms with van der Waals surface area (Å²) in [6.07, 6.45) is 3.07. The van der Waals surface area contributed by atoms with Gasteiger partial charge in [0.1, 0.15) is 0 Å². The molecule has 0 bridgehead atoms. The van der Waals surface area contributed by atoms with Gasteiger partial charge in [-0.1, -0.05) is 36.8 Å². The number of hydrogen-bond acceptors (Lipinski definition) is 2. The Morgan fingerprint density at radius 3 is 2.44 bits per heavy atom. The van der Waals surface area contributed by atoms with Crippen molar-refractivity contribution in [2.24, 2.45) is 5.92 Å². The van der Waals surface area contributed by atoms with Gasteiger partial charge in [-0.15, -0.1) is 0 Å². The number of nitrogens with zero attached hydrogens (tertiary/aromatic N) is 1. The molecule has 2 aliphatic rings. The molecule has 18 heavy (non-hydrogen) atoms. The first kappa shape index (κ1) is 11.7. The molecule has 1 saturated heterocycles. The quantitative estimate of drug-likeness (QED) is 0.878. The molecule has 1 aliphatic carbocycles. The van der Waals surface area contributed by atoms with Gasteiger partial charge in [-0.2, -0.15) is 0 Å². The highest BCUT2D eigenvalue weighted by molar-refractivity contribution is 5.89. The van der Waals surface area contributed by atoms with Crippen LogP contribution in [-0.2, 0) is 10.2 Å². The van der Waals surface area contributed by atoms with E-state index in [4.69, 9.17) is 5.11 Å². The molecule has 0 spiro atoms. The van der Waals surface area contributed by atoms with Crippen LogP contribution >= 0.6 is 0 Å². The molecule has 1 heterocycles. The molecule has 1 aromatic rings. The minimum Gasteiger partial charge on any atom is -0.396 e. The number of benzene rings is 1. The lowest BCUT2D eigenvalue weighted by Crippen LogP contribution is -2.59. The molecule has 0 radical (unpaired) electrons. The monoisotopic (exact) mass is 245 g/mol. The van der Waals surface area contributed by atoms with Gasteiger partial charge in [0.25, 0.3) is 0 Å². The van der Waals surface area contributed by atoms with Crippen molar-refractivity contribution in [3.05, 3.63) is 35.9 Å². The average Bonchev–Trinajstić information content (AvgIpc) is 2.27. The van der Waals surface area contributed by atoms with E-state index in [2.05, 4.69) is 12.1 Å². The molecule has 3 heteroatoms. The third-order valence-corrected chi connectivity index (χ3v) is 4.45. The summed E-state index contributed by atoms with van der Waals surface area (Å²) in [5.74, 6) is 0.562. The minimum atomic E-state index is -0.262. The predicted molar refractivity (Wildman–Crippen MR) is 69.1 cm³/mol. The van der Waals surface area contributed by atoms with Gasteiger partial charge in [-0.3, -0.25) is 4.79 Å². The second-order valence-electron chi connectivity index (χ2n) is 5.56. The Balaban J connectivity index is 1.78. The fourth-order valence-electron chi connectivity index (χ4n) is 3.07. The van der Waals surface area contributed by atoms with E-state index >= 15 is 0 Å². The van der Waals surface area contributed by atoms with E-state index in [-0.39, 0.29) is 17.9 Å². The number of carbonyl (C=O) groups excluding carboxylic acids is 1. The Morgan fingerprint density at radius 1 is 1.28 bits per heavy atom. The number of carbonyl (C=O) groups is 1. The lowest BCUT2D eigenvalue weighted by atomic mass is 9.63. The molecule has 0 unspecified atom stereocenters. The summed E-state index contributed by atoms with van der Waals surface area (Å²) in [6, 6.07) is 10.1. The van der Waals surface area contributed by atoms with Crippen molar-refractivity contribution in [1.82, 2.24) is 4.90 Å². The second-order valence-corrected chi connectivity index (χ2v) is 5.56. The van der Waals surface area contributed by atoms with Gasteiger partial charge in [-0.05, 0) is 18.4 Å². The van der Waals surface area contributed by atoms with Gasteiger partial charge in [0, 0.05) is 25.6 Å². The Morgan fingerprint density at radius 2 is 1.94 bits per heavy atom. The van der Waals surface area contributed by atoms with Gasteiger partial charge in [0.05, 0.1) is 5.41 Å². The molecular weight excluding hydrogens is 226 g/mol. The fraction of sp³-hybridized carbons (Fsp3) is 0.533. The van der Waals surface area contributed by atoms with Crippen LogP contribution in [-0.4, -0.2) is 35.6 Å². The third-order valence-electron chi connectivity index (χ3n) is 4.45. The van der Waals surface area contributed by atoms with Gasteiger partial charge >= 0.3 is 0 Å². The molecule has 3 rings (SSSR count). The first-order chi connectivity index (χ1) is 8.76. The van der Waals surface area contributed by atoms with Gasteiger partial charge in [0.15, 0.2) is 0 Å². The van der Waals surface area contributed by atoms with Crippen molar-refractivity contribution in [2.75, 3.05) is 19.7 Å². The van der Waals surface area contributed by atoms with Crippen LogP contribution in [0.15, 0.2) is 30.3 Å². The normalized spacial score (nSPS) is 22.2.